The van der Waals surface area contributed by atoms with E-state index in [0.717, 1.165) is 11.3 Å². The van der Waals surface area contributed by atoms with Crippen molar-refractivity contribution in [3.63, 3.8) is 0 Å². The highest BCUT2D eigenvalue weighted by molar-refractivity contribution is 7.18. The van der Waals surface area contributed by atoms with Gasteiger partial charge in [-0.3, -0.25) is 19.3 Å². The molecule has 1 aliphatic heterocycles. The third-order valence-electron chi connectivity index (χ3n) is 4.97. The Labute approximate surface area is 187 Å². The number of fused-ring (bicyclic) bond motifs is 1. The van der Waals surface area contributed by atoms with Crippen LogP contribution in [-0.2, 0) is 4.74 Å². The first-order valence-corrected chi connectivity index (χ1v) is 10.8. The van der Waals surface area contributed by atoms with Crippen LogP contribution in [-0.4, -0.2) is 41.7 Å². The van der Waals surface area contributed by atoms with E-state index in [1.54, 1.807) is 49.4 Å². The van der Waals surface area contributed by atoms with Gasteiger partial charge >= 0.3 is 5.97 Å². The summed E-state index contributed by atoms with van der Waals surface area (Å²) in [6.07, 6.45) is 2.43. The quantitative estimate of drug-likeness (QED) is 0.313. The molecule has 1 N–H and O–H groups in total. The van der Waals surface area contributed by atoms with Crippen LogP contribution in [0.3, 0.4) is 0 Å². The van der Waals surface area contributed by atoms with Gasteiger partial charge in [-0.05, 0) is 55.7 Å². The van der Waals surface area contributed by atoms with E-state index in [4.69, 9.17) is 9.15 Å². The minimum Gasteiger partial charge on any atom is -0.461 e. The Hall–Kier alpha value is -3.72. The number of esters is 1. The number of unbranched alkanes of at least 4 members (excludes halogenated alkanes) is 1. The molecular weight excluding hydrogens is 432 g/mol. The minimum atomic E-state index is -0.480. The van der Waals surface area contributed by atoms with E-state index in [2.05, 4.69) is 5.32 Å². The monoisotopic (exact) mass is 452 g/mol. The molecule has 1 aliphatic rings. The number of ether oxygens (including phenoxy) is 1. The Morgan fingerprint density at radius 3 is 2.44 bits per heavy atom. The molecule has 0 fully saturated rings. The average molecular weight is 452 g/mol. The number of hydrogen-bond donors (Lipinski definition) is 1. The van der Waals surface area contributed by atoms with Crippen LogP contribution in [0, 0.1) is 6.92 Å². The molecule has 32 heavy (non-hydrogen) atoms. The lowest BCUT2D eigenvalue weighted by atomic mass is 10.1. The van der Waals surface area contributed by atoms with Crippen LogP contribution in [0.5, 0.6) is 0 Å². The van der Waals surface area contributed by atoms with E-state index in [0.29, 0.717) is 39.4 Å². The Kier molecular flexibility index (Phi) is 6.18. The molecule has 0 radical (unpaired) electrons. The molecule has 0 spiro atoms. The molecule has 3 amide bonds. The fourth-order valence-corrected chi connectivity index (χ4v) is 4.33. The summed E-state index contributed by atoms with van der Waals surface area (Å²) < 4.78 is 10.4. The average Bonchev–Trinajstić information content (AvgIpc) is 3.49. The largest absolute Gasteiger partial charge is 0.461 e. The second kappa shape index (κ2) is 9.19. The molecule has 8 nitrogen and oxygen atoms in total. The number of rotatable bonds is 8. The number of thiophene rings is 1. The maximum Gasteiger partial charge on any atom is 0.348 e. The summed E-state index contributed by atoms with van der Waals surface area (Å²) in [5, 5.41) is 3.21. The van der Waals surface area contributed by atoms with E-state index < -0.39 is 11.9 Å². The van der Waals surface area contributed by atoms with Gasteiger partial charge in [-0.15, -0.1) is 11.3 Å². The van der Waals surface area contributed by atoms with Crippen molar-refractivity contribution in [3.05, 3.63) is 76.1 Å². The maximum atomic E-state index is 12.4. The molecule has 0 atom stereocenters. The third kappa shape index (κ3) is 4.33. The van der Waals surface area contributed by atoms with Crippen molar-refractivity contribution in [2.24, 2.45) is 0 Å². The van der Waals surface area contributed by atoms with Crippen LogP contribution >= 0.6 is 11.3 Å². The lowest BCUT2D eigenvalue weighted by molar-refractivity contribution is 0.0490. The summed E-state index contributed by atoms with van der Waals surface area (Å²) in [4.78, 5) is 50.8. The lowest BCUT2D eigenvalue weighted by Crippen LogP contribution is -2.30. The van der Waals surface area contributed by atoms with Gasteiger partial charge in [0.1, 0.15) is 4.88 Å². The number of nitrogens with one attached hydrogen (secondary N) is 1. The van der Waals surface area contributed by atoms with Crippen LogP contribution in [0.15, 0.2) is 53.1 Å². The molecule has 164 valence electrons. The molecule has 0 saturated heterocycles. The van der Waals surface area contributed by atoms with Gasteiger partial charge in [0, 0.05) is 6.54 Å². The van der Waals surface area contributed by atoms with E-state index in [-0.39, 0.29) is 30.7 Å². The lowest BCUT2D eigenvalue weighted by Gasteiger charge is -2.13. The second-order valence-electron chi connectivity index (χ2n) is 7.20. The summed E-state index contributed by atoms with van der Waals surface area (Å²) in [6.45, 7) is 2.19. The molecule has 3 heterocycles. The summed E-state index contributed by atoms with van der Waals surface area (Å²) in [6, 6.07) is 11.6. The Morgan fingerprint density at radius 1 is 1.06 bits per heavy atom. The van der Waals surface area contributed by atoms with E-state index in [9.17, 15) is 19.2 Å². The highest BCUT2D eigenvalue weighted by Crippen LogP contribution is 2.28. The van der Waals surface area contributed by atoms with Gasteiger partial charge in [0.05, 0.1) is 29.0 Å². The van der Waals surface area contributed by atoms with Crippen molar-refractivity contribution in [3.8, 4) is 0 Å². The first kappa shape index (κ1) is 21.5. The van der Waals surface area contributed by atoms with Gasteiger partial charge in [0.2, 0.25) is 0 Å². The Bertz CT molecular complexity index is 1150. The van der Waals surface area contributed by atoms with Crippen molar-refractivity contribution in [1.29, 1.82) is 0 Å². The van der Waals surface area contributed by atoms with Gasteiger partial charge in [-0.1, -0.05) is 12.1 Å². The van der Waals surface area contributed by atoms with Crippen molar-refractivity contribution in [1.82, 2.24) is 4.90 Å². The molecule has 0 bridgehead atoms. The number of aryl methyl sites for hydroxylation is 1. The molecular formula is C23H20N2O6S. The van der Waals surface area contributed by atoms with Crippen LogP contribution in [0.25, 0.3) is 0 Å². The van der Waals surface area contributed by atoms with Gasteiger partial charge in [0.25, 0.3) is 17.7 Å². The summed E-state index contributed by atoms with van der Waals surface area (Å²) in [7, 11) is 0. The SMILES string of the molecule is Cc1cc(NC(=O)c2ccco2)sc1C(=O)OCCCCN1C(=O)c2ccccc2C1=O. The number of benzene rings is 1. The molecule has 0 unspecified atom stereocenters. The van der Waals surface area contributed by atoms with Crippen molar-refractivity contribution in [2.45, 2.75) is 19.8 Å². The summed E-state index contributed by atoms with van der Waals surface area (Å²) in [5.74, 6) is -1.28. The zero-order valence-electron chi connectivity index (χ0n) is 17.3. The number of hydrogen-bond acceptors (Lipinski definition) is 7. The first-order valence-electron chi connectivity index (χ1n) is 10.0. The van der Waals surface area contributed by atoms with Gasteiger partial charge < -0.3 is 14.5 Å². The molecule has 2 aromatic heterocycles. The number of carbonyl (C=O) groups is 4. The van der Waals surface area contributed by atoms with E-state index in [1.807, 2.05) is 0 Å². The maximum absolute atomic E-state index is 12.4. The van der Waals surface area contributed by atoms with Crippen molar-refractivity contribution >= 4 is 40.0 Å². The number of amides is 3. The van der Waals surface area contributed by atoms with Crippen molar-refractivity contribution < 1.29 is 28.3 Å². The number of anilines is 1. The molecule has 3 aromatic rings. The van der Waals surface area contributed by atoms with Crippen molar-refractivity contribution in [2.75, 3.05) is 18.5 Å². The first-order chi connectivity index (χ1) is 15.5. The number of nitrogens with zero attached hydrogens (tertiary/aromatic N) is 1. The normalized spacial score (nSPS) is 12.7. The number of imide groups is 1. The van der Waals surface area contributed by atoms with Crippen LogP contribution in [0.1, 0.15) is 59.3 Å². The topological polar surface area (TPSA) is 106 Å². The fourth-order valence-electron chi connectivity index (χ4n) is 3.37. The third-order valence-corrected chi connectivity index (χ3v) is 6.10. The molecule has 9 heteroatoms. The van der Waals surface area contributed by atoms with Gasteiger partial charge in [-0.2, -0.15) is 0 Å². The predicted molar refractivity (Wildman–Crippen MR) is 117 cm³/mol. The highest BCUT2D eigenvalue weighted by atomic mass is 32.1. The number of carbonyl (C=O) groups excluding carboxylic acids is 4. The second-order valence-corrected chi connectivity index (χ2v) is 8.26. The van der Waals surface area contributed by atoms with Gasteiger partial charge in [-0.25, -0.2) is 4.79 Å². The fraction of sp³-hybridized carbons (Fsp3) is 0.217. The number of furan rings is 1. The zero-order valence-corrected chi connectivity index (χ0v) is 18.1. The van der Waals surface area contributed by atoms with Crippen LogP contribution < -0.4 is 5.32 Å². The summed E-state index contributed by atoms with van der Waals surface area (Å²) in [5.41, 5.74) is 1.54. The minimum absolute atomic E-state index is 0.160. The molecule has 0 saturated carbocycles. The molecule has 1 aromatic carbocycles. The predicted octanol–water partition coefficient (Wildman–Crippen LogP) is 4.14. The highest BCUT2D eigenvalue weighted by Gasteiger charge is 2.34. The zero-order chi connectivity index (χ0) is 22.7. The van der Waals surface area contributed by atoms with E-state index >= 15 is 0 Å². The summed E-state index contributed by atoms with van der Waals surface area (Å²) >= 11 is 1.13. The Morgan fingerprint density at radius 2 is 1.78 bits per heavy atom. The van der Waals surface area contributed by atoms with Gasteiger partial charge in [0.15, 0.2) is 5.76 Å². The molecule has 4 rings (SSSR count). The molecule has 0 aliphatic carbocycles. The Balaban J connectivity index is 1.24. The standard InChI is InChI=1S/C23H20N2O6S/c1-14-13-18(24-20(26)17-9-6-12-30-17)32-19(14)23(29)31-11-5-4-10-25-21(27)15-7-2-3-8-16(15)22(25)28/h2-3,6-9,12-13H,4-5,10-11H2,1H3,(H,24,26). The smallest absolute Gasteiger partial charge is 0.348 e. The van der Waals surface area contributed by atoms with Crippen LogP contribution in [0.4, 0.5) is 5.00 Å². The van der Waals surface area contributed by atoms with Crippen LogP contribution in [0.2, 0.25) is 0 Å². The van der Waals surface area contributed by atoms with E-state index in [1.165, 1.54) is 11.2 Å².